The van der Waals surface area contributed by atoms with E-state index in [-0.39, 0.29) is 6.15 Å². The normalized spacial score (nSPS) is 51.0. The average Bonchev–Trinajstić information content (AvgIpc) is 2.86. The third kappa shape index (κ3) is 14.7. The van der Waals surface area contributed by atoms with E-state index in [4.69, 9.17) is 71.1 Å². The minimum Gasteiger partial charge on any atom is -0.550 e. The number of carbonyl (C=O) groups excluding carboxylic acids is 2. The van der Waals surface area contributed by atoms with Gasteiger partial charge in [-0.05, 0) is 6.42 Å². The molecule has 0 aromatic rings. The lowest BCUT2D eigenvalue weighted by Crippen LogP contribution is -2.68. The van der Waals surface area contributed by atoms with E-state index in [1.165, 1.54) is 0 Å². The summed E-state index contributed by atoms with van der Waals surface area (Å²) < 4.78 is 85.1. The van der Waals surface area contributed by atoms with Crippen LogP contribution in [0.15, 0.2) is 0 Å². The second kappa shape index (κ2) is 30.1. The Hall–Kier alpha value is -2.46. The molecule has 21 rings (SSSR count). The zero-order chi connectivity index (χ0) is 61.3. The molecule has 21 aliphatic rings. The van der Waals surface area contributed by atoms with Gasteiger partial charge in [-0.2, -0.15) is 0 Å². The smallest absolute Gasteiger partial charge is 0.306 e. The molecule has 21 heterocycles. The van der Waals surface area contributed by atoms with Crippen molar-refractivity contribution in [2.45, 2.75) is 228 Å². The monoisotopic (exact) mass is 1250 g/mol. The maximum Gasteiger partial charge on any atom is 0.306 e. The second-order valence-corrected chi connectivity index (χ2v) is 21.0. The lowest BCUT2D eigenvalue weighted by atomic mass is 9.95. The number of carboxylic acid groups (broad SMARTS) is 1. The van der Waals surface area contributed by atoms with E-state index < -0.39 is 286 Å². The number of aliphatic hydroxyl groups is 20. The number of aliphatic hydroxyl groups excluding tert-OH is 20. The maximum absolute atomic E-state index is 12.6. The molecule has 21 fully saturated rings. The summed E-state index contributed by atoms with van der Waals surface area (Å²) in [7, 11) is 0. The van der Waals surface area contributed by atoms with Gasteiger partial charge in [-0.25, -0.2) is 0 Å². The van der Waals surface area contributed by atoms with E-state index in [0.29, 0.717) is 0 Å². The molecule has 39 heteroatoms. The molecule has 0 unspecified atom stereocenters. The van der Waals surface area contributed by atoms with Crippen molar-refractivity contribution in [2.24, 2.45) is 0 Å². The van der Waals surface area contributed by atoms with Gasteiger partial charge in [0.2, 0.25) is 0 Å². The second-order valence-electron chi connectivity index (χ2n) is 21.0. The van der Waals surface area contributed by atoms with Gasteiger partial charge in [-0.1, -0.05) is 0 Å². The molecule has 0 amide bonds. The fraction of sp³-hybridized carbons (Fsp3) is 0.957. The molecule has 0 radical (unpaired) electrons. The number of carbonyl (C=O) groups is 2. The molecule has 494 valence electrons. The maximum atomic E-state index is 12.6. The van der Waals surface area contributed by atoms with Gasteiger partial charge in [-0.3, -0.25) is 4.79 Å². The highest BCUT2D eigenvalue weighted by atomic mass is 16.8. The van der Waals surface area contributed by atoms with Crippen molar-refractivity contribution in [3.63, 3.8) is 0 Å². The van der Waals surface area contributed by atoms with Gasteiger partial charge in [0.1, 0.15) is 178 Å². The number of hydrogen-bond donors (Lipinski definition) is 21. The average molecular weight is 1250 g/mol. The van der Waals surface area contributed by atoms with E-state index >= 15 is 0 Å². The predicted molar refractivity (Wildman–Crippen MR) is 253 cm³/mol. The summed E-state index contributed by atoms with van der Waals surface area (Å²) in [5, 5.41) is 233. The van der Waals surface area contributed by atoms with Crippen LogP contribution in [-0.4, -0.2) is 375 Å². The molecule has 21 aliphatic heterocycles. The Morgan fingerprint density at radius 3 is 0.635 bits per heavy atom. The van der Waals surface area contributed by atoms with E-state index in [1.54, 1.807) is 0 Å². The molecule has 0 aliphatic carbocycles. The molecule has 0 aromatic carbocycles. The van der Waals surface area contributed by atoms with Gasteiger partial charge < -0.3 is 189 Å². The summed E-state index contributed by atoms with van der Waals surface area (Å²) in [6.07, 6.45) is -74.4. The van der Waals surface area contributed by atoms with Crippen LogP contribution >= 0.6 is 0 Å². The van der Waals surface area contributed by atoms with E-state index in [1.807, 2.05) is 0 Å². The number of hydrogen-bond acceptors (Lipinski definition) is 38. The molecular formula is C46H77NO38. The van der Waals surface area contributed by atoms with Crippen LogP contribution < -0.4 is 11.3 Å². The molecule has 14 bridgehead atoms. The lowest BCUT2D eigenvalue weighted by molar-refractivity contribution is -0.396. The zero-order valence-corrected chi connectivity index (χ0v) is 44.9. The third-order valence-electron chi connectivity index (χ3n) is 15.5. The summed E-state index contributed by atoms with van der Waals surface area (Å²) >= 11 is 0. The summed E-state index contributed by atoms with van der Waals surface area (Å²) in [4.78, 5) is 23.7. The third-order valence-corrected chi connectivity index (χ3v) is 15.5. The Kier molecular flexibility index (Phi) is 24.8. The minimum atomic E-state index is -2.33. The van der Waals surface area contributed by atoms with Crippen molar-refractivity contribution in [2.75, 3.05) is 46.2 Å². The van der Waals surface area contributed by atoms with Crippen molar-refractivity contribution in [3.05, 3.63) is 0 Å². The lowest BCUT2D eigenvalue weighted by Gasteiger charge is -2.50. The SMILES string of the molecule is O=C([O-])CCC(=O)OC[C@H]1O[C@@H]2O[C@H]3[C@@H](O)[C@@H](O)[C@@H](O[C@H]4[C@H](O)[C@H](O)[C@@H](O[C@H]5[C@H](O)[C@@H](O)[C@@H](O[C@H]6[C@H](O)[C@@H](O)[C@@H](O[C@H]7[C@H](O)[C@@H](O)[C@@H](O[C@H]8[C@H](O)[C@@H](O)[C@@H](O[C@H]1[C@H](O)[C@H]2O)O[C@@H]8CO)O[C@@H]7CO)O[C@@H]6CO)O[C@@H]5CO)O[C@@H]4CO)O[C@@H]3CO.[NH4+]. The molecule has 24 N–H and O–H groups in total. The Bertz CT molecular complexity index is 2080. The first-order chi connectivity index (χ1) is 39.9. The quantitative estimate of drug-likeness (QED) is 0.0854. The largest absolute Gasteiger partial charge is 0.550 e. The molecule has 39 nitrogen and oxygen atoms in total. The van der Waals surface area contributed by atoms with Gasteiger partial charge in [0, 0.05) is 5.97 Å². The highest BCUT2D eigenvalue weighted by Gasteiger charge is 2.59. The molecule has 35 atom stereocenters. The Balaban J connectivity index is 0.0000104. The standard InChI is InChI=1S/C46H74O38.H3N/c47-3-10-33-20(57)27(64)41(72-10)80-35-12(5-49)74-43(29(66)22(35)59)82-37-14(7-51)76-45(31(68)24(37)61)84-39-16(9-70-18(55)2-1-17(53)54)77-46(32(69)25(39)62)83-38-15(8-52)75-44(30(67)23(38)60)81-36-13(6-50)73-42(28(65)21(36)58)79-34-11(4-48)71-40(78-33)26(63)19(34)56;/h10-16,19-52,56-69H,1-9H2,(H,53,54);1H3/t10-,11-,12-,13-,14-,15-,16-,19-,20-,21-,22-,23+,24-,25-,26-,27-,28+,29-,30-,31-,32-,33-,34-,35-,36-,37-,38-,39-,40-,41-,42-,43-,44-,45-,46-;/m1./s1. The van der Waals surface area contributed by atoms with Crippen LogP contribution in [0.25, 0.3) is 0 Å². The number of ether oxygens (including phenoxy) is 15. The van der Waals surface area contributed by atoms with Gasteiger partial charge in [0.05, 0.1) is 46.1 Å². The topological polar surface area (TPSA) is 637 Å². The molecule has 85 heavy (non-hydrogen) atoms. The number of rotatable bonds is 11. The Morgan fingerprint density at radius 1 is 0.282 bits per heavy atom. The molecule has 0 saturated carbocycles. The molecule has 0 aromatic heterocycles. The predicted octanol–water partition coefficient (Wildman–Crippen LogP) is -15.8. The summed E-state index contributed by atoms with van der Waals surface area (Å²) in [6.45, 7) is -7.57. The number of esters is 1. The fourth-order valence-corrected chi connectivity index (χ4v) is 10.9. The van der Waals surface area contributed by atoms with Crippen molar-refractivity contribution in [1.29, 1.82) is 0 Å². The van der Waals surface area contributed by atoms with Crippen LogP contribution in [0, 0.1) is 0 Å². The zero-order valence-electron chi connectivity index (χ0n) is 44.9. The van der Waals surface area contributed by atoms with E-state index in [9.17, 15) is 117 Å². The van der Waals surface area contributed by atoms with Crippen molar-refractivity contribution in [3.8, 4) is 0 Å². The number of aliphatic carboxylic acids is 1. The minimum absolute atomic E-state index is 0. The summed E-state index contributed by atoms with van der Waals surface area (Å²) in [6, 6.07) is 0. The van der Waals surface area contributed by atoms with Crippen molar-refractivity contribution >= 4 is 11.9 Å². The highest BCUT2D eigenvalue weighted by Crippen LogP contribution is 2.39. The van der Waals surface area contributed by atoms with Crippen LogP contribution in [0.3, 0.4) is 0 Å². The van der Waals surface area contributed by atoms with Gasteiger partial charge in [0.25, 0.3) is 0 Å². The van der Waals surface area contributed by atoms with Gasteiger partial charge in [0.15, 0.2) is 44.0 Å². The molecule has 21 saturated heterocycles. The van der Waals surface area contributed by atoms with Crippen LogP contribution in [0.2, 0.25) is 0 Å². The summed E-state index contributed by atoms with van der Waals surface area (Å²) in [5.74, 6) is -2.85. The van der Waals surface area contributed by atoms with Gasteiger partial charge in [-0.15, -0.1) is 0 Å². The van der Waals surface area contributed by atoms with Crippen LogP contribution in [0.4, 0.5) is 0 Å². The van der Waals surface area contributed by atoms with E-state index in [2.05, 4.69) is 0 Å². The van der Waals surface area contributed by atoms with Gasteiger partial charge >= 0.3 is 5.97 Å². The fourth-order valence-electron chi connectivity index (χ4n) is 10.9. The van der Waals surface area contributed by atoms with Crippen LogP contribution in [0.1, 0.15) is 12.8 Å². The highest BCUT2D eigenvalue weighted by molar-refractivity contribution is 5.75. The molecule has 0 spiro atoms. The number of quaternary nitrogens is 1. The van der Waals surface area contributed by atoms with Crippen LogP contribution in [0.5, 0.6) is 0 Å². The Labute approximate surface area is 479 Å². The summed E-state index contributed by atoms with van der Waals surface area (Å²) in [5.41, 5.74) is 0. The Morgan fingerprint density at radius 2 is 0.459 bits per heavy atom. The number of carboxylic acids is 1. The first-order valence-corrected chi connectivity index (χ1v) is 26.6. The van der Waals surface area contributed by atoms with Crippen molar-refractivity contribution < 1.29 is 188 Å². The van der Waals surface area contributed by atoms with Crippen LogP contribution in [-0.2, 0) is 80.6 Å². The van der Waals surface area contributed by atoms with Crippen molar-refractivity contribution in [1.82, 2.24) is 6.15 Å². The molecular weight excluding hydrogens is 1170 g/mol. The first-order valence-electron chi connectivity index (χ1n) is 26.6. The van der Waals surface area contributed by atoms with E-state index in [0.717, 1.165) is 0 Å². The first kappa shape index (κ1) is 70.0.